The lowest BCUT2D eigenvalue weighted by Gasteiger charge is -2.11. The number of benzene rings is 1. The molecule has 1 aromatic carbocycles. The van der Waals surface area contributed by atoms with E-state index in [2.05, 4.69) is 0 Å². The van der Waals surface area contributed by atoms with Gasteiger partial charge in [-0.25, -0.2) is 8.42 Å². The molecular weight excluding hydrogens is 232 g/mol. The molecule has 0 heterocycles. The third-order valence-corrected chi connectivity index (χ3v) is 5.64. The summed E-state index contributed by atoms with van der Waals surface area (Å²) in [6, 6.07) is 6.68. The number of rotatable bonds is 2. The van der Waals surface area contributed by atoms with Gasteiger partial charge < -0.3 is 0 Å². The van der Waals surface area contributed by atoms with Gasteiger partial charge in [-0.1, -0.05) is 36.6 Å². The first-order valence-corrected chi connectivity index (χ1v) is 7.03. The molecule has 0 atom stereocenters. The third kappa shape index (κ3) is 2.04. The van der Waals surface area contributed by atoms with Crippen LogP contribution in [0.4, 0.5) is 0 Å². The Hall–Kier alpha value is -0.540. The number of halogens is 1. The van der Waals surface area contributed by atoms with Gasteiger partial charge in [-0.15, -0.1) is 0 Å². The molecule has 0 aliphatic heterocycles. The van der Waals surface area contributed by atoms with Crippen molar-refractivity contribution in [2.24, 2.45) is 0 Å². The predicted molar refractivity (Wildman–Crippen MR) is 60.9 cm³/mol. The van der Waals surface area contributed by atoms with Crippen molar-refractivity contribution in [3.8, 4) is 0 Å². The van der Waals surface area contributed by atoms with Crippen molar-refractivity contribution in [3.05, 3.63) is 29.3 Å². The summed E-state index contributed by atoms with van der Waals surface area (Å²) in [5.41, 5.74) is 0. The van der Waals surface area contributed by atoms with Crippen LogP contribution in [0.25, 0.3) is 0 Å². The van der Waals surface area contributed by atoms with Gasteiger partial charge in [0.05, 0.1) is 15.2 Å². The van der Waals surface area contributed by atoms with E-state index in [1.807, 2.05) is 0 Å². The minimum Gasteiger partial charge on any atom is -0.223 e. The first-order chi connectivity index (χ1) is 7.12. The van der Waals surface area contributed by atoms with Crippen LogP contribution in [0.3, 0.4) is 0 Å². The van der Waals surface area contributed by atoms with Gasteiger partial charge in [0.25, 0.3) is 0 Å². The van der Waals surface area contributed by atoms with Gasteiger partial charge in [0.15, 0.2) is 9.84 Å². The van der Waals surface area contributed by atoms with E-state index in [0.717, 1.165) is 25.7 Å². The lowest BCUT2D eigenvalue weighted by Crippen LogP contribution is -2.18. The summed E-state index contributed by atoms with van der Waals surface area (Å²) in [6.45, 7) is 0. The number of sulfone groups is 1. The lowest BCUT2D eigenvalue weighted by molar-refractivity contribution is 0.580. The topological polar surface area (TPSA) is 34.1 Å². The molecule has 0 saturated heterocycles. The van der Waals surface area contributed by atoms with Crippen LogP contribution in [0.2, 0.25) is 5.02 Å². The van der Waals surface area contributed by atoms with E-state index < -0.39 is 9.84 Å². The van der Waals surface area contributed by atoms with Crippen molar-refractivity contribution in [2.75, 3.05) is 0 Å². The zero-order chi connectivity index (χ0) is 10.9. The van der Waals surface area contributed by atoms with Gasteiger partial charge in [-0.3, -0.25) is 0 Å². The van der Waals surface area contributed by atoms with Gasteiger partial charge in [-0.05, 0) is 25.0 Å². The molecule has 0 unspecified atom stereocenters. The maximum absolute atomic E-state index is 12.2. The Morgan fingerprint density at radius 3 is 2.33 bits per heavy atom. The zero-order valence-corrected chi connectivity index (χ0v) is 9.89. The summed E-state index contributed by atoms with van der Waals surface area (Å²) in [5, 5.41) is 0.113. The lowest BCUT2D eigenvalue weighted by atomic mass is 10.4. The Balaban J connectivity index is 2.41. The van der Waals surface area contributed by atoms with E-state index in [-0.39, 0.29) is 5.25 Å². The number of hydrogen-bond donors (Lipinski definition) is 0. The Kier molecular flexibility index (Phi) is 3.03. The van der Waals surface area contributed by atoms with E-state index in [1.54, 1.807) is 24.3 Å². The van der Waals surface area contributed by atoms with Crippen molar-refractivity contribution in [1.29, 1.82) is 0 Å². The van der Waals surface area contributed by atoms with Crippen molar-refractivity contribution < 1.29 is 8.42 Å². The van der Waals surface area contributed by atoms with E-state index in [1.165, 1.54) is 0 Å². The van der Waals surface area contributed by atoms with Gasteiger partial charge in [0.1, 0.15) is 0 Å². The minimum absolute atomic E-state index is 0.225. The van der Waals surface area contributed by atoms with Crippen LogP contribution in [-0.2, 0) is 9.84 Å². The van der Waals surface area contributed by atoms with Gasteiger partial charge in [-0.2, -0.15) is 0 Å². The Morgan fingerprint density at radius 2 is 1.73 bits per heavy atom. The smallest absolute Gasteiger partial charge is 0.182 e. The number of hydrogen-bond acceptors (Lipinski definition) is 2. The molecular formula is C11H13ClO2S. The second-order valence-electron chi connectivity index (χ2n) is 3.88. The fourth-order valence-electron chi connectivity index (χ4n) is 2.05. The molecule has 4 heteroatoms. The molecule has 2 nitrogen and oxygen atoms in total. The Labute approximate surface area is 95.2 Å². The third-order valence-electron chi connectivity index (χ3n) is 2.88. The van der Waals surface area contributed by atoms with Crippen LogP contribution in [0.15, 0.2) is 29.2 Å². The summed E-state index contributed by atoms with van der Waals surface area (Å²) >= 11 is 5.91. The molecule has 0 amide bonds. The van der Waals surface area contributed by atoms with Crippen LogP contribution in [-0.4, -0.2) is 13.7 Å². The highest BCUT2D eigenvalue weighted by Crippen LogP contribution is 2.32. The fraction of sp³-hybridized carbons (Fsp3) is 0.455. The van der Waals surface area contributed by atoms with Crippen molar-refractivity contribution >= 4 is 21.4 Å². The highest BCUT2D eigenvalue weighted by atomic mass is 35.5. The molecule has 0 bridgehead atoms. The maximum Gasteiger partial charge on any atom is 0.182 e. The molecule has 1 aliphatic rings. The molecule has 1 aliphatic carbocycles. The van der Waals surface area contributed by atoms with Gasteiger partial charge >= 0.3 is 0 Å². The second kappa shape index (κ2) is 4.14. The quantitative estimate of drug-likeness (QED) is 0.801. The standard InChI is InChI=1S/C11H13ClO2S/c12-10-7-3-4-8-11(10)15(13,14)9-5-1-2-6-9/h3-4,7-9H,1-2,5-6H2. The fourth-order valence-corrected chi connectivity index (χ4v) is 4.43. The monoisotopic (exact) mass is 244 g/mol. The van der Waals surface area contributed by atoms with Gasteiger partial charge in [0, 0.05) is 0 Å². The van der Waals surface area contributed by atoms with Gasteiger partial charge in [0.2, 0.25) is 0 Å². The molecule has 0 aromatic heterocycles. The summed E-state index contributed by atoms with van der Waals surface area (Å²) in [5.74, 6) is 0. The zero-order valence-electron chi connectivity index (χ0n) is 8.32. The van der Waals surface area contributed by atoms with Crippen LogP contribution in [0.1, 0.15) is 25.7 Å². The van der Waals surface area contributed by atoms with E-state index in [0.29, 0.717) is 9.92 Å². The average molecular weight is 245 g/mol. The molecule has 0 spiro atoms. The summed E-state index contributed by atoms with van der Waals surface area (Å²) in [4.78, 5) is 0.290. The second-order valence-corrected chi connectivity index (χ2v) is 6.49. The average Bonchev–Trinajstić information content (AvgIpc) is 2.71. The largest absolute Gasteiger partial charge is 0.223 e. The molecule has 1 aromatic rings. The van der Waals surface area contributed by atoms with Crippen molar-refractivity contribution in [2.45, 2.75) is 35.8 Å². The van der Waals surface area contributed by atoms with Crippen LogP contribution < -0.4 is 0 Å². The highest BCUT2D eigenvalue weighted by Gasteiger charge is 2.31. The highest BCUT2D eigenvalue weighted by molar-refractivity contribution is 7.92. The maximum atomic E-state index is 12.2. The van der Waals surface area contributed by atoms with Crippen LogP contribution >= 0.6 is 11.6 Å². The molecule has 0 N–H and O–H groups in total. The molecule has 1 saturated carbocycles. The molecule has 2 rings (SSSR count). The minimum atomic E-state index is -3.20. The molecule has 1 fully saturated rings. The Bertz CT molecular complexity index is 447. The molecule has 0 radical (unpaired) electrons. The first-order valence-electron chi connectivity index (χ1n) is 5.11. The van der Waals surface area contributed by atoms with Crippen molar-refractivity contribution in [3.63, 3.8) is 0 Å². The molecule has 15 heavy (non-hydrogen) atoms. The van der Waals surface area contributed by atoms with E-state index >= 15 is 0 Å². The normalized spacial score (nSPS) is 18.2. The summed E-state index contributed by atoms with van der Waals surface area (Å²) in [7, 11) is -3.20. The first kappa shape index (κ1) is 11.0. The van der Waals surface area contributed by atoms with E-state index in [9.17, 15) is 8.42 Å². The van der Waals surface area contributed by atoms with Crippen molar-refractivity contribution in [1.82, 2.24) is 0 Å². The predicted octanol–water partition coefficient (Wildman–Crippen LogP) is 3.06. The Morgan fingerprint density at radius 1 is 1.13 bits per heavy atom. The summed E-state index contributed by atoms with van der Waals surface area (Å²) in [6.07, 6.45) is 3.56. The van der Waals surface area contributed by atoms with E-state index in [4.69, 9.17) is 11.6 Å². The summed E-state index contributed by atoms with van der Waals surface area (Å²) < 4.78 is 24.3. The van der Waals surface area contributed by atoms with Crippen LogP contribution in [0.5, 0.6) is 0 Å². The van der Waals surface area contributed by atoms with Crippen LogP contribution in [0, 0.1) is 0 Å². The SMILES string of the molecule is O=S(=O)(c1ccccc1Cl)C1CCCC1. The molecule has 82 valence electrons.